The Morgan fingerprint density at radius 3 is 2.38 bits per heavy atom. The average molecular weight is 464 g/mol. The van der Waals surface area contributed by atoms with E-state index in [-0.39, 0.29) is 11.3 Å². The molecular weight excluding hydrogens is 442 g/mol. The third kappa shape index (κ3) is 3.85. The Morgan fingerprint density at radius 2 is 1.78 bits per heavy atom. The molecule has 32 heavy (non-hydrogen) atoms. The van der Waals surface area contributed by atoms with Gasteiger partial charge in [-0.1, -0.05) is 60.7 Å². The first kappa shape index (κ1) is 20.9. The zero-order valence-corrected chi connectivity index (χ0v) is 18.7. The van der Waals surface area contributed by atoms with Crippen LogP contribution in [-0.2, 0) is 20.7 Å². The van der Waals surface area contributed by atoms with E-state index in [9.17, 15) is 9.59 Å². The van der Waals surface area contributed by atoms with Crippen LogP contribution in [0.4, 0.5) is 0 Å². The predicted octanol–water partition coefficient (Wildman–Crippen LogP) is 3.51. The fourth-order valence-corrected chi connectivity index (χ4v) is 5.92. The van der Waals surface area contributed by atoms with Gasteiger partial charge in [-0.05, 0) is 16.7 Å². The lowest BCUT2D eigenvalue weighted by atomic mass is 10.00. The van der Waals surface area contributed by atoms with E-state index in [0.29, 0.717) is 17.9 Å². The number of aromatic nitrogens is 1. The Hall–Kier alpha value is -2.94. The number of β-lactam (4-membered cyclic amide) rings is 1. The molecule has 3 heterocycles. The molecule has 0 aliphatic carbocycles. The Labute approximate surface area is 194 Å². The number of thiazole rings is 1. The van der Waals surface area contributed by atoms with Crippen LogP contribution >= 0.6 is 23.1 Å². The van der Waals surface area contributed by atoms with Crippen LogP contribution in [0.1, 0.15) is 22.1 Å². The number of carbonyl (C=O) groups excluding carboxylic acids is 2. The Balaban J connectivity index is 1.51. The summed E-state index contributed by atoms with van der Waals surface area (Å²) in [6.45, 7) is 0. The molecule has 162 valence electrons. The summed E-state index contributed by atoms with van der Waals surface area (Å²) in [7, 11) is 0. The molecule has 2 aliphatic rings. The average Bonchev–Trinajstić information content (AvgIpc) is 3.36. The van der Waals surface area contributed by atoms with Crippen molar-refractivity contribution in [2.24, 2.45) is 5.73 Å². The Kier molecular flexibility index (Phi) is 5.82. The van der Waals surface area contributed by atoms with Crippen molar-refractivity contribution in [2.75, 3.05) is 5.75 Å². The number of nitrogens with two attached hydrogens (primary N) is 1. The number of esters is 1. The molecule has 2 aliphatic heterocycles. The van der Waals surface area contributed by atoms with Crippen molar-refractivity contribution in [2.45, 2.75) is 23.9 Å². The van der Waals surface area contributed by atoms with Crippen molar-refractivity contribution in [1.82, 2.24) is 9.88 Å². The second-order valence-electron chi connectivity index (χ2n) is 7.64. The van der Waals surface area contributed by atoms with Crippen molar-refractivity contribution in [3.63, 3.8) is 0 Å². The molecule has 1 aromatic heterocycles. The molecule has 0 saturated carbocycles. The van der Waals surface area contributed by atoms with Gasteiger partial charge in [0.05, 0.1) is 5.51 Å². The maximum Gasteiger partial charge on any atom is 0.356 e. The number of ether oxygens (including phenoxy) is 1. The number of nitrogens with zero attached hydrogens (tertiary/aromatic N) is 2. The summed E-state index contributed by atoms with van der Waals surface area (Å²) in [5, 5.41) is -0.234. The first-order valence-electron chi connectivity index (χ1n) is 10.2. The number of hydrogen-bond acceptors (Lipinski definition) is 7. The molecule has 6 nitrogen and oxygen atoms in total. The lowest BCUT2D eigenvalue weighted by Crippen LogP contribution is -2.68. The Bertz CT molecular complexity index is 1110. The molecule has 8 heteroatoms. The number of hydrogen-bond donors (Lipinski definition) is 1. The second kappa shape index (κ2) is 8.90. The first-order valence-corrected chi connectivity index (χ1v) is 12.2. The summed E-state index contributed by atoms with van der Waals surface area (Å²) >= 11 is 3.11. The molecule has 3 aromatic rings. The van der Waals surface area contributed by atoms with Crippen molar-refractivity contribution in [3.8, 4) is 0 Å². The second-order valence-corrected chi connectivity index (χ2v) is 9.71. The molecule has 5 rings (SSSR count). The van der Waals surface area contributed by atoms with Gasteiger partial charge in [0.25, 0.3) is 0 Å². The number of rotatable bonds is 6. The van der Waals surface area contributed by atoms with E-state index < -0.39 is 18.1 Å². The summed E-state index contributed by atoms with van der Waals surface area (Å²) in [4.78, 5) is 32.9. The molecule has 2 aromatic carbocycles. The van der Waals surface area contributed by atoms with Gasteiger partial charge in [0.15, 0.2) is 6.10 Å². The van der Waals surface area contributed by atoms with Crippen LogP contribution in [-0.4, -0.2) is 38.9 Å². The van der Waals surface area contributed by atoms with Crippen LogP contribution in [0.3, 0.4) is 0 Å². The van der Waals surface area contributed by atoms with Crippen molar-refractivity contribution in [1.29, 1.82) is 0 Å². The summed E-state index contributed by atoms with van der Waals surface area (Å²) < 4.78 is 6.09. The monoisotopic (exact) mass is 463 g/mol. The highest BCUT2D eigenvalue weighted by atomic mass is 32.2. The minimum atomic E-state index is -0.591. The number of amides is 1. The van der Waals surface area contributed by atoms with Gasteiger partial charge in [-0.3, -0.25) is 14.7 Å². The van der Waals surface area contributed by atoms with Crippen LogP contribution in [0.15, 0.2) is 83.6 Å². The molecular formula is C24H21N3O3S2. The molecule has 0 radical (unpaired) electrons. The smallest absolute Gasteiger partial charge is 0.356 e. The van der Waals surface area contributed by atoms with Gasteiger partial charge in [0, 0.05) is 23.2 Å². The minimum Gasteiger partial charge on any atom is -0.448 e. The number of benzene rings is 2. The standard InChI is InChI=1S/C24H21N3O3S2/c25-19-22(28)27-20(17(13-31-23(19)27)11-18-12-26-14-32-18)24(29)30-21(15-7-3-1-4-8-15)16-9-5-2-6-10-16/h1-10,12,14,19,21,23H,11,13,25H2. The van der Waals surface area contributed by atoms with Gasteiger partial charge in [0.1, 0.15) is 17.1 Å². The van der Waals surface area contributed by atoms with E-state index in [1.165, 1.54) is 16.2 Å². The molecule has 0 spiro atoms. The van der Waals surface area contributed by atoms with E-state index in [4.69, 9.17) is 10.5 Å². The van der Waals surface area contributed by atoms with E-state index in [1.54, 1.807) is 23.5 Å². The fraction of sp³-hybridized carbons (Fsp3) is 0.208. The third-order valence-electron chi connectivity index (χ3n) is 5.58. The normalized spacial score (nSPS) is 20.2. The van der Waals surface area contributed by atoms with Crippen molar-refractivity contribution in [3.05, 3.63) is 99.6 Å². The van der Waals surface area contributed by atoms with Gasteiger partial charge in [-0.25, -0.2) is 4.79 Å². The highest BCUT2D eigenvalue weighted by molar-refractivity contribution is 8.00. The van der Waals surface area contributed by atoms with Crippen LogP contribution in [0.25, 0.3) is 0 Å². The van der Waals surface area contributed by atoms with Crippen LogP contribution < -0.4 is 5.73 Å². The maximum absolute atomic E-state index is 13.6. The van der Waals surface area contributed by atoms with Gasteiger partial charge in [-0.2, -0.15) is 0 Å². The molecule has 1 fully saturated rings. The molecule has 2 unspecified atom stereocenters. The largest absolute Gasteiger partial charge is 0.448 e. The van der Waals surface area contributed by atoms with Gasteiger partial charge in [-0.15, -0.1) is 23.1 Å². The van der Waals surface area contributed by atoms with Gasteiger partial charge >= 0.3 is 5.97 Å². The van der Waals surface area contributed by atoms with Crippen molar-refractivity contribution < 1.29 is 14.3 Å². The predicted molar refractivity (Wildman–Crippen MR) is 125 cm³/mol. The van der Waals surface area contributed by atoms with E-state index >= 15 is 0 Å². The summed E-state index contributed by atoms with van der Waals surface area (Å²) in [5.74, 6) is -0.133. The summed E-state index contributed by atoms with van der Waals surface area (Å²) in [6, 6.07) is 18.6. The number of thioether (sulfide) groups is 1. The zero-order chi connectivity index (χ0) is 22.1. The molecule has 0 bridgehead atoms. The third-order valence-corrected chi connectivity index (χ3v) is 7.72. The van der Waals surface area contributed by atoms with Crippen LogP contribution in [0, 0.1) is 0 Å². The topological polar surface area (TPSA) is 85.5 Å². The quantitative estimate of drug-likeness (QED) is 0.445. The van der Waals surface area contributed by atoms with E-state index in [0.717, 1.165) is 21.6 Å². The zero-order valence-electron chi connectivity index (χ0n) is 17.1. The fourth-order valence-electron chi connectivity index (χ4n) is 3.99. The SMILES string of the molecule is NC1C(=O)N2C(C(=O)OC(c3ccccc3)c3ccccc3)=C(Cc3cncs3)CSC12. The highest BCUT2D eigenvalue weighted by Gasteiger charge is 2.52. The van der Waals surface area contributed by atoms with Crippen molar-refractivity contribution >= 4 is 35.0 Å². The van der Waals surface area contributed by atoms with Crippen LogP contribution in [0.5, 0.6) is 0 Å². The van der Waals surface area contributed by atoms with Gasteiger partial charge in [0.2, 0.25) is 5.91 Å². The van der Waals surface area contributed by atoms with Gasteiger partial charge < -0.3 is 10.5 Å². The number of fused-ring (bicyclic) bond motifs is 1. The van der Waals surface area contributed by atoms with E-state index in [2.05, 4.69) is 4.98 Å². The molecule has 1 amide bonds. The van der Waals surface area contributed by atoms with Crippen LogP contribution in [0.2, 0.25) is 0 Å². The lowest BCUT2D eigenvalue weighted by Gasteiger charge is -2.48. The molecule has 1 saturated heterocycles. The maximum atomic E-state index is 13.6. The highest BCUT2D eigenvalue weighted by Crippen LogP contribution is 2.41. The lowest BCUT2D eigenvalue weighted by molar-refractivity contribution is -0.153. The number of carbonyl (C=O) groups is 2. The summed E-state index contributed by atoms with van der Waals surface area (Å²) in [6.07, 6.45) is 1.76. The Morgan fingerprint density at radius 1 is 1.12 bits per heavy atom. The molecule has 2 N–H and O–H groups in total. The minimum absolute atomic E-state index is 0.234. The first-order chi connectivity index (χ1) is 15.6. The molecule has 2 atom stereocenters. The summed E-state index contributed by atoms with van der Waals surface area (Å²) in [5.41, 5.74) is 10.7. The van der Waals surface area contributed by atoms with E-state index in [1.807, 2.05) is 60.7 Å².